The molecule has 0 radical (unpaired) electrons. The molecule has 0 atom stereocenters. The zero-order valence-corrected chi connectivity index (χ0v) is 13.6. The van der Waals surface area contributed by atoms with Crippen molar-refractivity contribution < 1.29 is 34.8 Å². The Morgan fingerprint density at radius 1 is 0.800 bits per heavy atom. The zero-order chi connectivity index (χ0) is 18.8. The number of carbonyl (C=O) groups is 2. The Bertz CT molecular complexity index is 618. The summed E-state index contributed by atoms with van der Waals surface area (Å²) in [5.74, 6) is -1.53. The highest BCUT2D eigenvalue weighted by Gasteiger charge is 2.07. The lowest BCUT2D eigenvalue weighted by Gasteiger charge is -2.12. The van der Waals surface area contributed by atoms with Gasteiger partial charge in [0.2, 0.25) is 0 Å². The molecule has 2 aromatic rings. The Hall–Kier alpha value is -3.06. The molecule has 0 heterocycles. The van der Waals surface area contributed by atoms with Crippen LogP contribution >= 0.6 is 0 Å². The van der Waals surface area contributed by atoms with Gasteiger partial charge >= 0.3 is 11.9 Å². The normalized spacial score (nSPS) is 10.0. The lowest BCUT2D eigenvalue weighted by Crippen LogP contribution is -2.13. The quantitative estimate of drug-likeness (QED) is 0.632. The zero-order valence-electron chi connectivity index (χ0n) is 13.6. The van der Waals surface area contributed by atoms with E-state index in [0.29, 0.717) is 0 Å². The van der Waals surface area contributed by atoms with Gasteiger partial charge in [0.25, 0.3) is 0 Å². The average Bonchev–Trinajstić information content (AvgIpc) is 2.55. The van der Waals surface area contributed by atoms with Crippen LogP contribution in [0.15, 0.2) is 48.5 Å². The molecular formula is C18H20O7. The highest BCUT2D eigenvalue weighted by atomic mass is 16.5. The molecule has 0 aliphatic carbocycles. The molecule has 0 bridgehead atoms. The average molecular weight is 348 g/mol. The van der Waals surface area contributed by atoms with E-state index in [1.807, 2.05) is 24.3 Å². The lowest BCUT2D eigenvalue weighted by atomic mass is 9.93. The maximum absolute atomic E-state index is 9.66. The van der Waals surface area contributed by atoms with Gasteiger partial charge in [0.05, 0.1) is 0 Å². The Morgan fingerprint density at radius 2 is 1.12 bits per heavy atom. The summed E-state index contributed by atoms with van der Waals surface area (Å²) in [7, 11) is 0. The van der Waals surface area contributed by atoms with Crippen LogP contribution < -0.4 is 0 Å². The van der Waals surface area contributed by atoms with Gasteiger partial charge in [0, 0.05) is 5.92 Å². The van der Waals surface area contributed by atoms with Crippen LogP contribution in [0.1, 0.15) is 24.0 Å². The molecule has 0 saturated heterocycles. The summed E-state index contributed by atoms with van der Waals surface area (Å²) in [4.78, 5) is 19.3. The lowest BCUT2D eigenvalue weighted by molar-refractivity contribution is -0.148. The second-order valence-electron chi connectivity index (χ2n) is 5.19. The van der Waals surface area contributed by atoms with E-state index in [0.717, 1.165) is 11.1 Å². The summed E-state index contributed by atoms with van der Waals surface area (Å²) in [6, 6.07) is 14.4. The summed E-state index contributed by atoms with van der Waals surface area (Å²) < 4.78 is 4.16. The number of carboxylic acids is 2. The molecule has 0 amide bonds. The molecule has 2 rings (SSSR count). The van der Waals surface area contributed by atoms with Crippen molar-refractivity contribution in [1.82, 2.24) is 0 Å². The van der Waals surface area contributed by atoms with Crippen molar-refractivity contribution in [1.29, 1.82) is 0 Å². The summed E-state index contributed by atoms with van der Waals surface area (Å²) >= 11 is 0. The van der Waals surface area contributed by atoms with Crippen LogP contribution in [0.4, 0.5) is 0 Å². The molecule has 7 nitrogen and oxygen atoms in total. The van der Waals surface area contributed by atoms with Gasteiger partial charge in [0.15, 0.2) is 0 Å². The monoisotopic (exact) mass is 348 g/mol. The van der Waals surface area contributed by atoms with Crippen molar-refractivity contribution in [3.63, 3.8) is 0 Å². The van der Waals surface area contributed by atoms with Crippen LogP contribution in [-0.2, 0) is 14.3 Å². The summed E-state index contributed by atoms with van der Waals surface area (Å²) in [6.07, 6.45) is 0. The number of carboxylic acid groups (broad SMARTS) is 2. The van der Waals surface area contributed by atoms with Crippen molar-refractivity contribution in [3.05, 3.63) is 59.7 Å². The van der Waals surface area contributed by atoms with Gasteiger partial charge in [-0.1, -0.05) is 31.2 Å². The Balaban J connectivity index is 0.000000299. The highest BCUT2D eigenvalue weighted by Crippen LogP contribution is 2.26. The van der Waals surface area contributed by atoms with E-state index in [1.165, 1.54) is 0 Å². The van der Waals surface area contributed by atoms with Crippen LogP contribution in [0, 0.1) is 0 Å². The van der Waals surface area contributed by atoms with Crippen LogP contribution in [0.3, 0.4) is 0 Å². The van der Waals surface area contributed by atoms with Crippen molar-refractivity contribution in [3.8, 4) is 11.5 Å². The third kappa shape index (κ3) is 7.85. The molecule has 0 aromatic heterocycles. The van der Waals surface area contributed by atoms with Gasteiger partial charge in [0.1, 0.15) is 24.7 Å². The van der Waals surface area contributed by atoms with Crippen LogP contribution in [-0.4, -0.2) is 45.6 Å². The number of aliphatic carboxylic acids is 2. The van der Waals surface area contributed by atoms with Gasteiger partial charge in [-0.15, -0.1) is 0 Å². The predicted octanol–water partition coefficient (Wildman–Crippen LogP) is 2.42. The molecule has 25 heavy (non-hydrogen) atoms. The molecule has 0 unspecified atom stereocenters. The van der Waals surface area contributed by atoms with Crippen LogP contribution in [0.5, 0.6) is 11.5 Å². The molecule has 2 aromatic carbocycles. The molecule has 4 N–H and O–H groups in total. The molecular weight excluding hydrogens is 328 g/mol. The fourth-order valence-corrected chi connectivity index (χ4v) is 1.94. The Morgan fingerprint density at radius 3 is 1.40 bits per heavy atom. The molecule has 0 fully saturated rings. The van der Waals surface area contributed by atoms with E-state index in [-0.39, 0.29) is 17.4 Å². The second kappa shape index (κ2) is 9.94. The van der Waals surface area contributed by atoms with Gasteiger partial charge in [-0.25, -0.2) is 9.59 Å². The molecule has 134 valence electrons. The summed E-state index contributed by atoms with van der Waals surface area (Å²) in [5.41, 5.74) is 2.28. The van der Waals surface area contributed by atoms with Crippen LogP contribution in [0.2, 0.25) is 0 Å². The van der Waals surface area contributed by atoms with E-state index in [9.17, 15) is 19.8 Å². The van der Waals surface area contributed by atoms with Gasteiger partial charge < -0.3 is 25.2 Å². The number of hydrogen-bond donors (Lipinski definition) is 4. The van der Waals surface area contributed by atoms with Gasteiger partial charge in [-0.05, 0) is 35.4 Å². The van der Waals surface area contributed by atoms with Crippen molar-refractivity contribution >= 4 is 11.9 Å². The van der Waals surface area contributed by atoms with Crippen molar-refractivity contribution in [2.24, 2.45) is 0 Å². The topological polar surface area (TPSA) is 124 Å². The number of ether oxygens (including phenoxy) is 1. The van der Waals surface area contributed by atoms with E-state index in [2.05, 4.69) is 11.7 Å². The molecule has 0 aliphatic heterocycles. The van der Waals surface area contributed by atoms with Crippen molar-refractivity contribution in [2.45, 2.75) is 12.8 Å². The fourth-order valence-electron chi connectivity index (χ4n) is 1.94. The minimum atomic E-state index is -1.17. The maximum atomic E-state index is 9.66. The summed E-state index contributed by atoms with van der Waals surface area (Å²) in [6.45, 7) is 0.970. The number of benzene rings is 2. The van der Waals surface area contributed by atoms with E-state index >= 15 is 0 Å². The predicted molar refractivity (Wildman–Crippen MR) is 89.8 cm³/mol. The Kier molecular flexibility index (Phi) is 7.95. The van der Waals surface area contributed by atoms with Crippen molar-refractivity contribution in [2.75, 3.05) is 13.2 Å². The third-order valence-corrected chi connectivity index (χ3v) is 3.24. The maximum Gasteiger partial charge on any atom is 0.329 e. The fraction of sp³-hybridized carbons (Fsp3) is 0.222. The molecule has 0 aliphatic rings. The smallest absolute Gasteiger partial charge is 0.329 e. The number of hydrogen-bond acceptors (Lipinski definition) is 5. The standard InChI is InChI=1S/C14H14O2.C4H6O5/c1-10(11-2-6-13(15)7-3-11)12-4-8-14(16)9-5-12;5-3(6)1-9-2-4(7)8/h2-10,15-16H,1H3;1-2H2,(H,5,6)(H,7,8). The van der Waals surface area contributed by atoms with Gasteiger partial charge in [-0.2, -0.15) is 0 Å². The number of phenolic OH excluding ortho intramolecular Hbond substituents is 2. The Labute approximate surface area is 144 Å². The minimum Gasteiger partial charge on any atom is -0.508 e. The highest BCUT2D eigenvalue weighted by molar-refractivity contribution is 5.70. The first-order valence-electron chi connectivity index (χ1n) is 7.38. The van der Waals surface area contributed by atoms with E-state index in [1.54, 1.807) is 24.3 Å². The largest absolute Gasteiger partial charge is 0.508 e. The second-order valence-corrected chi connectivity index (χ2v) is 5.19. The minimum absolute atomic E-state index is 0.251. The number of aromatic hydroxyl groups is 2. The number of rotatable bonds is 6. The first-order valence-corrected chi connectivity index (χ1v) is 7.38. The molecule has 0 saturated carbocycles. The first kappa shape index (κ1) is 20.0. The molecule has 0 spiro atoms. The SMILES string of the molecule is CC(c1ccc(O)cc1)c1ccc(O)cc1.O=C(O)COCC(=O)O. The number of phenols is 2. The van der Waals surface area contributed by atoms with E-state index < -0.39 is 25.2 Å². The van der Waals surface area contributed by atoms with Gasteiger partial charge in [-0.3, -0.25) is 0 Å². The summed E-state index contributed by atoms with van der Waals surface area (Å²) in [5, 5.41) is 34.2. The van der Waals surface area contributed by atoms with Crippen LogP contribution in [0.25, 0.3) is 0 Å². The molecule has 7 heteroatoms. The first-order chi connectivity index (χ1) is 11.8. The van der Waals surface area contributed by atoms with E-state index in [4.69, 9.17) is 10.2 Å². The third-order valence-electron chi connectivity index (χ3n) is 3.24.